The van der Waals surface area contributed by atoms with Crippen LogP contribution in [0.5, 0.6) is 0 Å². The summed E-state index contributed by atoms with van der Waals surface area (Å²) >= 11 is 0. The van der Waals surface area contributed by atoms with E-state index in [1.165, 1.54) is 43.6 Å². The third kappa shape index (κ3) is 2.86. The van der Waals surface area contributed by atoms with Gasteiger partial charge in [0.15, 0.2) is 0 Å². The molecule has 2 rings (SSSR count). The first kappa shape index (κ1) is 13.4. The molecule has 1 aliphatic heterocycles. The molecule has 0 aromatic heterocycles. The molecule has 0 amide bonds. The quantitative estimate of drug-likeness (QED) is 0.880. The van der Waals surface area contributed by atoms with Crippen molar-refractivity contribution in [3.63, 3.8) is 0 Å². The molecular weight excluding hydrogens is 220 g/mol. The van der Waals surface area contributed by atoms with E-state index in [9.17, 15) is 0 Å². The first-order valence-corrected chi connectivity index (χ1v) is 7.14. The van der Waals surface area contributed by atoms with Gasteiger partial charge in [-0.2, -0.15) is 0 Å². The Hall–Kier alpha value is -1.02. The number of rotatable bonds is 3. The number of benzene rings is 1. The fourth-order valence-electron chi connectivity index (χ4n) is 2.65. The lowest BCUT2D eigenvalue weighted by atomic mass is 9.78. The van der Waals surface area contributed by atoms with Crippen molar-refractivity contribution in [2.45, 2.75) is 46.1 Å². The topological polar surface area (TPSA) is 29.3 Å². The van der Waals surface area contributed by atoms with Gasteiger partial charge < -0.3 is 10.6 Å². The first-order valence-electron chi connectivity index (χ1n) is 7.14. The van der Waals surface area contributed by atoms with Crippen LogP contribution in [0.25, 0.3) is 0 Å². The van der Waals surface area contributed by atoms with Crippen LogP contribution < -0.4 is 10.6 Å². The number of anilines is 1. The van der Waals surface area contributed by atoms with Crippen LogP contribution in [0.3, 0.4) is 0 Å². The Bertz CT molecular complexity index is 373. The Kier molecular flexibility index (Phi) is 3.96. The molecule has 18 heavy (non-hydrogen) atoms. The second-order valence-corrected chi connectivity index (χ2v) is 6.03. The van der Waals surface area contributed by atoms with E-state index in [-0.39, 0.29) is 6.04 Å². The van der Waals surface area contributed by atoms with E-state index in [0.717, 1.165) is 0 Å². The predicted octanol–water partition coefficient (Wildman–Crippen LogP) is 3.72. The summed E-state index contributed by atoms with van der Waals surface area (Å²) in [4.78, 5) is 2.50. The lowest BCUT2D eigenvalue weighted by Crippen LogP contribution is -2.38. The molecule has 0 unspecified atom stereocenters. The van der Waals surface area contributed by atoms with E-state index in [1.807, 2.05) is 6.92 Å². The van der Waals surface area contributed by atoms with Crippen LogP contribution in [0.2, 0.25) is 0 Å². The molecule has 100 valence electrons. The van der Waals surface area contributed by atoms with Crippen LogP contribution in [-0.4, -0.2) is 13.1 Å². The van der Waals surface area contributed by atoms with Crippen LogP contribution in [-0.2, 0) is 0 Å². The number of hydrogen-bond acceptors (Lipinski definition) is 2. The van der Waals surface area contributed by atoms with Crippen molar-refractivity contribution in [1.82, 2.24) is 0 Å². The minimum atomic E-state index is 0.129. The van der Waals surface area contributed by atoms with Gasteiger partial charge in [0.05, 0.1) is 0 Å². The highest BCUT2D eigenvalue weighted by Gasteiger charge is 2.28. The SMILES string of the molecule is CCC1(C)CCN(c2ccc([C@@H](C)N)cc2)CC1. The summed E-state index contributed by atoms with van der Waals surface area (Å²) in [6.45, 7) is 9.13. The van der Waals surface area contributed by atoms with Crippen molar-refractivity contribution in [1.29, 1.82) is 0 Å². The lowest BCUT2D eigenvalue weighted by Gasteiger charge is -2.40. The second-order valence-electron chi connectivity index (χ2n) is 6.03. The molecule has 1 atom stereocenters. The van der Waals surface area contributed by atoms with Crippen LogP contribution in [0.4, 0.5) is 5.69 Å². The van der Waals surface area contributed by atoms with Gasteiger partial charge in [0.25, 0.3) is 0 Å². The molecule has 2 N–H and O–H groups in total. The monoisotopic (exact) mass is 246 g/mol. The number of hydrogen-bond donors (Lipinski definition) is 1. The molecule has 0 radical (unpaired) electrons. The van der Waals surface area contributed by atoms with E-state index in [0.29, 0.717) is 5.41 Å². The Morgan fingerprint density at radius 1 is 1.22 bits per heavy atom. The fourth-order valence-corrected chi connectivity index (χ4v) is 2.65. The second kappa shape index (κ2) is 5.31. The molecule has 1 aromatic carbocycles. The molecule has 2 nitrogen and oxygen atoms in total. The molecule has 0 bridgehead atoms. The highest BCUT2D eigenvalue weighted by atomic mass is 15.1. The molecule has 0 saturated carbocycles. The van der Waals surface area contributed by atoms with Gasteiger partial charge in [0.2, 0.25) is 0 Å². The van der Waals surface area contributed by atoms with E-state index >= 15 is 0 Å². The molecule has 1 aromatic rings. The van der Waals surface area contributed by atoms with Gasteiger partial charge in [0, 0.05) is 24.8 Å². The van der Waals surface area contributed by atoms with Gasteiger partial charge >= 0.3 is 0 Å². The first-order chi connectivity index (χ1) is 8.54. The Labute approximate surface area is 111 Å². The minimum absolute atomic E-state index is 0.129. The third-order valence-electron chi connectivity index (χ3n) is 4.61. The third-order valence-corrected chi connectivity index (χ3v) is 4.61. The van der Waals surface area contributed by atoms with Crippen molar-refractivity contribution in [3.8, 4) is 0 Å². The molecular formula is C16H26N2. The maximum atomic E-state index is 5.88. The molecule has 1 heterocycles. The van der Waals surface area contributed by atoms with Crippen LogP contribution in [0.15, 0.2) is 24.3 Å². The van der Waals surface area contributed by atoms with Crippen molar-refractivity contribution < 1.29 is 0 Å². The summed E-state index contributed by atoms with van der Waals surface area (Å²) in [7, 11) is 0. The van der Waals surface area contributed by atoms with Gasteiger partial charge in [-0.05, 0) is 42.9 Å². The predicted molar refractivity (Wildman–Crippen MR) is 78.9 cm³/mol. The van der Waals surface area contributed by atoms with Crippen LogP contribution in [0, 0.1) is 5.41 Å². The molecule has 0 aliphatic carbocycles. The normalized spacial score (nSPS) is 20.8. The van der Waals surface area contributed by atoms with Gasteiger partial charge in [-0.25, -0.2) is 0 Å². The smallest absolute Gasteiger partial charge is 0.0366 e. The van der Waals surface area contributed by atoms with E-state index in [2.05, 4.69) is 43.0 Å². The summed E-state index contributed by atoms with van der Waals surface area (Å²) < 4.78 is 0. The maximum Gasteiger partial charge on any atom is 0.0366 e. The number of piperidine rings is 1. The standard InChI is InChI=1S/C16H26N2/c1-4-16(3)9-11-18(12-10-16)15-7-5-14(6-8-15)13(2)17/h5-8,13H,4,9-12,17H2,1-3H3/t13-/m1/s1. The number of nitrogens with zero attached hydrogens (tertiary/aromatic N) is 1. The van der Waals surface area contributed by atoms with Crippen LogP contribution >= 0.6 is 0 Å². The average molecular weight is 246 g/mol. The summed E-state index contributed by atoms with van der Waals surface area (Å²) in [5.41, 5.74) is 9.00. The zero-order valence-corrected chi connectivity index (χ0v) is 11.9. The molecule has 1 saturated heterocycles. The fraction of sp³-hybridized carbons (Fsp3) is 0.625. The lowest BCUT2D eigenvalue weighted by molar-refractivity contribution is 0.238. The summed E-state index contributed by atoms with van der Waals surface area (Å²) in [6.07, 6.45) is 3.90. The summed E-state index contributed by atoms with van der Waals surface area (Å²) in [6, 6.07) is 8.88. The molecule has 1 fully saturated rings. The van der Waals surface area contributed by atoms with E-state index < -0.39 is 0 Å². The van der Waals surface area contributed by atoms with Crippen LogP contribution in [0.1, 0.15) is 51.6 Å². The van der Waals surface area contributed by atoms with Crippen molar-refractivity contribution >= 4 is 5.69 Å². The van der Waals surface area contributed by atoms with Gasteiger partial charge in [-0.15, -0.1) is 0 Å². The zero-order chi connectivity index (χ0) is 13.2. The van der Waals surface area contributed by atoms with Gasteiger partial charge in [0.1, 0.15) is 0 Å². The maximum absolute atomic E-state index is 5.88. The van der Waals surface area contributed by atoms with Crippen molar-refractivity contribution in [2.24, 2.45) is 11.1 Å². The van der Waals surface area contributed by atoms with Gasteiger partial charge in [-0.3, -0.25) is 0 Å². The van der Waals surface area contributed by atoms with E-state index in [1.54, 1.807) is 0 Å². The largest absolute Gasteiger partial charge is 0.371 e. The minimum Gasteiger partial charge on any atom is -0.371 e. The average Bonchev–Trinajstić information content (AvgIpc) is 2.40. The molecule has 1 aliphatic rings. The van der Waals surface area contributed by atoms with Crippen molar-refractivity contribution in [3.05, 3.63) is 29.8 Å². The molecule has 2 heteroatoms. The Morgan fingerprint density at radius 2 is 1.78 bits per heavy atom. The number of nitrogens with two attached hydrogens (primary N) is 1. The highest BCUT2D eigenvalue weighted by molar-refractivity contribution is 5.48. The van der Waals surface area contributed by atoms with Crippen molar-refractivity contribution in [2.75, 3.05) is 18.0 Å². The summed E-state index contributed by atoms with van der Waals surface area (Å²) in [5.74, 6) is 0. The Morgan fingerprint density at radius 3 is 2.22 bits per heavy atom. The summed E-state index contributed by atoms with van der Waals surface area (Å²) in [5, 5.41) is 0. The Balaban J connectivity index is 2.01. The van der Waals surface area contributed by atoms with Gasteiger partial charge in [-0.1, -0.05) is 32.4 Å². The zero-order valence-electron chi connectivity index (χ0n) is 11.9. The molecule has 0 spiro atoms. The van der Waals surface area contributed by atoms with E-state index in [4.69, 9.17) is 5.73 Å². The highest BCUT2D eigenvalue weighted by Crippen LogP contribution is 2.35.